The van der Waals surface area contributed by atoms with Gasteiger partial charge in [0.25, 0.3) is 11.8 Å². The van der Waals surface area contributed by atoms with E-state index in [-0.39, 0.29) is 11.8 Å². The van der Waals surface area contributed by atoms with Crippen LogP contribution in [-0.2, 0) is 0 Å². The van der Waals surface area contributed by atoms with Crippen LogP contribution in [0.25, 0.3) is 0 Å². The van der Waals surface area contributed by atoms with Crippen molar-refractivity contribution in [2.24, 2.45) is 0 Å². The molecular weight excluding hydrogens is 308 g/mol. The van der Waals surface area contributed by atoms with Crippen molar-refractivity contribution in [1.82, 2.24) is 4.90 Å². The number of likely N-dealkylation sites (N-methyl/N-ethyl adjacent to an activating group) is 1. The fourth-order valence-electron chi connectivity index (χ4n) is 2.53. The molecule has 0 radical (unpaired) electrons. The van der Waals surface area contributed by atoms with Crippen LogP contribution in [0.4, 0.5) is 5.69 Å². The first-order chi connectivity index (χ1) is 11.6. The first-order valence-corrected chi connectivity index (χ1v) is 7.57. The number of rotatable bonds is 3. The number of ether oxygens (including phenoxy) is 2. The lowest BCUT2D eigenvalue weighted by molar-refractivity contribution is 0.0796. The third-order valence-electron chi connectivity index (χ3n) is 3.85. The normalized spacial score (nSPS) is 13.6. The molecule has 124 valence electrons. The van der Waals surface area contributed by atoms with Gasteiger partial charge in [-0.05, 0) is 30.3 Å². The van der Waals surface area contributed by atoms with Crippen molar-refractivity contribution >= 4 is 17.5 Å². The van der Waals surface area contributed by atoms with Crippen molar-refractivity contribution in [1.29, 1.82) is 0 Å². The van der Waals surface area contributed by atoms with Gasteiger partial charge >= 0.3 is 0 Å². The van der Waals surface area contributed by atoms with Crippen molar-refractivity contribution in [3.8, 4) is 11.5 Å². The molecule has 1 aliphatic heterocycles. The van der Waals surface area contributed by atoms with Gasteiger partial charge in [0.1, 0.15) is 18.1 Å². The Hall–Kier alpha value is -3.02. The van der Waals surface area contributed by atoms with Crippen molar-refractivity contribution in [2.75, 3.05) is 32.6 Å². The number of anilines is 1. The predicted octanol–water partition coefficient (Wildman–Crippen LogP) is 2.41. The number of nitrogens with one attached hydrogen (secondary N) is 1. The highest BCUT2D eigenvalue weighted by atomic mass is 16.5. The maximum Gasteiger partial charge on any atom is 0.259 e. The van der Waals surface area contributed by atoms with Crippen LogP contribution in [0.1, 0.15) is 20.7 Å². The summed E-state index contributed by atoms with van der Waals surface area (Å²) in [6, 6.07) is 12.0. The first-order valence-electron chi connectivity index (χ1n) is 7.57. The van der Waals surface area contributed by atoms with E-state index >= 15 is 0 Å². The lowest BCUT2D eigenvalue weighted by Gasteiger charge is -2.13. The van der Waals surface area contributed by atoms with Crippen molar-refractivity contribution in [3.63, 3.8) is 0 Å². The number of amides is 2. The number of nitrogens with zero attached hydrogens (tertiary/aromatic N) is 1. The van der Waals surface area contributed by atoms with Crippen molar-refractivity contribution < 1.29 is 19.1 Å². The standard InChI is InChI=1S/C18H18N2O4/c1-20-9-10-24-16-8-7-12(11-14(16)18(20)22)19-17(21)13-5-3-4-6-15(13)23-2/h3-8,11H,9-10H2,1-2H3,(H,19,21). The number of carbonyl (C=O) groups is 2. The van der Waals surface area contributed by atoms with E-state index in [9.17, 15) is 9.59 Å². The minimum atomic E-state index is -0.303. The van der Waals surface area contributed by atoms with Crippen LogP contribution in [0.2, 0.25) is 0 Å². The fourth-order valence-corrected chi connectivity index (χ4v) is 2.53. The third kappa shape index (κ3) is 3.03. The van der Waals surface area contributed by atoms with Gasteiger partial charge in [0, 0.05) is 12.7 Å². The average Bonchev–Trinajstić information content (AvgIpc) is 2.74. The highest BCUT2D eigenvalue weighted by molar-refractivity contribution is 6.07. The molecule has 2 aromatic rings. The molecule has 0 saturated carbocycles. The molecule has 0 atom stereocenters. The number of hydrogen-bond donors (Lipinski definition) is 1. The number of hydrogen-bond acceptors (Lipinski definition) is 4. The molecule has 3 rings (SSSR count). The second-order valence-corrected chi connectivity index (χ2v) is 5.44. The fraction of sp³-hybridized carbons (Fsp3) is 0.222. The Labute approximate surface area is 140 Å². The molecule has 1 aliphatic rings. The van der Waals surface area contributed by atoms with E-state index < -0.39 is 0 Å². The molecule has 0 fully saturated rings. The molecule has 6 heteroatoms. The van der Waals surface area contributed by atoms with Crippen LogP contribution < -0.4 is 14.8 Å². The minimum Gasteiger partial charge on any atom is -0.496 e. The summed E-state index contributed by atoms with van der Waals surface area (Å²) in [4.78, 5) is 26.4. The van der Waals surface area contributed by atoms with Gasteiger partial charge in [0.15, 0.2) is 0 Å². The van der Waals surface area contributed by atoms with E-state index in [1.807, 2.05) is 0 Å². The summed E-state index contributed by atoms with van der Waals surface area (Å²) in [7, 11) is 3.24. The summed E-state index contributed by atoms with van der Waals surface area (Å²) in [5.41, 5.74) is 1.39. The van der Waals surface area contributed by atoms with E-state index in [4.69, 9.17) is 9.47 Å². The van der Waals surface area contributed by atoms with E-state index in [0.29, 0.717) is 41.5 Å². The number of fused-ring (bicyclic) bond motifs is 1. The molecule has 1 heterocycles. The zero-order valence-corrected chi connectivity index (χ0v) is 13.5. The monoisotopic (exact) mass is 326 g/mol. The molecule has 0 spiro atoms. The molecule has 0 saturated heterocycles. The Morgan fingerprint density at radius 1 is 1.25 bits per heavy atom. The Morgan fingerprint density at radius 2 is 2.04 bits per heavy atom. The lowest BCUT2D eigenvalue weighted by atomic mass is 10.1. The van der Waals surface area contributed by atoms with Crippen LogP contribution in [0.5, 0.6) is 11.5 Å². The number of para-hydroxylation sites is 1. The lowest BCUT2D eigenvalue weighted by Crippen LogP contribution is -2.27. The van der Waals surface area contributed by atoms with Crippen LogP contribution in [-0.4, -0.2) is 44.0 Å². The molecule has 24 heavy (non-hydrogen) atoms. The maximum absolute atomic E-state index is 12.5. The van der Waals surface area contributed by atoms with E-state index in [2.05, 4.69) is 5.32 Å². The molecule has 2 amide bonds. The zero-order chi connectivity index (χ0) is 17.1. The Bertz CT molecular complexity index is 788. The molecular formula is C18H18N2O4. The molecule has 6 nitrogen and oxygen atoms in total. The molecule has 1 N–H and O–H groups in total. The first kappa shape index (κ1) is 15.9. The highest BCUT2D eigenvalue weighted by Crippen LogP contribution is 2.27. The van der Waals surface area contributed by atoms with Crippen LogP contribution in [0.3, 0.4) is 0 Å². The van der Waals surface area contributed by atoms with E-state index in [1.165, 1.54) is 7.11 Å². The summed E-state index contributed by atoms with van der Waals surface area (Å²) in [6.45, 7) is 0.971. The van der Waals surface area contributed by atoms with Gasteiger partial charge in [0.2, 0.25) is 0 Å². The van der Waals surface area contributed by atoms with Gasteiger partial charge in [-0.2, -0.15) is 0 Å². The third-order valence-corrected chi connectivity index (χ3v) is 3.85. The van der Waals surface area contributed by atoms with E-state index in [0.717, 1.165) is 0 Å². The largest absolute Gasteiger partial charge is 0.496 e. The van der Waals surface area contributed by atoms with Gasteiger partial charge in [-0.25, -0.2) is 0 Å². The molecule has 2 aromatic carbocycles. The van der Waals surface area contributed by atoms with Crippen molar-refractivity contribution in [3.05, 3.63) is 53.6 Å². The Kier molecular flexibility index (Phi) is 4.37. The second kappa shape index (κ2) is 6.62. The van der Waals surface area contributed by atoms with Gasteiger partial charge in [-0.1, -0.05) is 12.1 Å². The van der Waals surface area contributed by atoms with Gasteiger partial charge in [0.05, 0.1) is 24.8 Å². The predicted molar refractivity (Wildman–Crippen MR) is 89.8 cm³/mol. The summed E-state index contributed by atoms with van der Waals surface area (Å²) < 4.78 is 10.8. The van der Waals surface area contributed by atoms with Crippen LogP contribution in [0.15, 0.2) is 42.5 Å². The topological polar surface area (TPSA) is 67.9 Å². The molecule has 0 aromatic heterocycles. The summed E-state index contributed by atoms with van der Waals surface area (Å²) in [5.74, 6) is 0.585. The molecule has 0 bridgehead atoms. The summed E-state index contributed by atoms with van der Waals surface area (Å²) in [6.07, 6.45) is 0. The van der Waals surface area contributed by atoms with Gasteiger partial charge in [-0.15, -0.1) is 0 Å². The smallest absolute Gasteiger partial charge is 0.259 e. The minimum absolute atomic E-state index is 0.129. The average molecular weight is 326 g/mol. The Balaban J connectivity index is 1.87. The zero-order valence-electron chi connectivity index (χ0n) is 13.5. The van der Waals surface area contributed by atoms with Gasteiger partial charge in [-0.3, -0.25) is 9.59 Å². The quantitative estimate of drug-likeness (QED) is 0.940. The van der Waals surface area contributed by atoms with Crippen molar-refractivity contribution in [2.45, 2.75) is 0 Å². The maximum atomic E-state index is 12.5. The van der Waals surface area contributed by atoms with Crippen LogP contribution in [0, 0.1) is 0 Å². The summed E-state index contributed by atoms with van der Waals surface area (Å²) in [5, 5.41) is 2.79. The number of methoxy groups -OCH3 is 1. The summed E-state index contributed by atoms with van der Waals surface area (Å²) >= 11 is 0. The van der Waals surface area contributed by atoms with E-state index in [1.54, 1.807) is 54.4 Å². The molecule has 0 unspecified atom stereocenters. The second-order valence-electron chi connectivity index (χ2n) is 5.44. The Morgan fingerprint density at radius 3 is 2.83 bits per heavy atom. The molecule has 0 aliphatic carbocycles. The van der Waals surface area contributed by atoms with Crippen LogP contribution >= 0.6 is 0 Å². The number of carbonyl (C=O) groups excluding carboxylic acids is 2. The SMILES string of the molecule is COc1ccccc1C(=O)Nc1ccc2c(c1)C(=O)N(C)CCO2. The number of benzene rings is 2. The van der Waals surface area contributed by atoms with Gasteiger partial charge < -0.3 is 19.7 Å². The highest BCUT2D eigenvalue weighted by Gasteiger charge is 2.21.